The summed E-state index contributed by atoms with van der Waals surface area (Å²) in [5, 5.41) is 0. The lowest BCUT2D eigenvalue weighted by atomic mass is 9.90. The molecule has 0 amide bonds. The van der Waals surface area contributed by atoms with Crippen LogP contribution >= 0.6 is 0 Å². The zero-order valence-corrected chi connectivity index (χ0v) is 12.0. The molecule has 1 fully saturated rings. The Morgan fingerprint density at radius 3 is 2.59 bits per heavy atom. The summed E-state index contributed by atoms with van der Waals surface area (Å²) in [7, 11) is -1.63. The van der Waals surface area contributed by atoms with Crippen molar-refractivity contribution in [1.82, 2.24) is 8.61 Å². The van der Waals surface area contributed by atoms with Gasteiger partial charge >= 0.3 is 0 Å². The molecule has 0 spiro atoms. The number of unbranched alkanes of at least 4 members (excludes halogenated alkanes) is 1. The zero-order valence-electron chi connectivity index (χ0n) is 11.1. The van der Waals surface area contributed by atoms with Gasteiger partial charge in [0.1, 0.15) is 0 Å². The van der Waals surface area contributed by atoms with Crippen LogP contribution in [0.2, 0.25) is 0 Å². The molecule has 5 nitrogen and oxygen atoms in total. The van der Waals surface area contributed by atoms with Crippen LogP contribution in [0.5, 0.6) is 0 Å². The molecule has 0 saturated carbocycles. The summed E-state index contributed by atoms with van der Waals surface area (Å²) in [5.74, 6) is 0. The van der Waals surface area contributed by atoms with Crippen molar-refractivity contribution in [2.24, 2.45) is 11.1 Å². The van der Waals surface area contributed by atoms with Gasteiger partial charge in [-0.25, -0.2) is 0 Å². The van der Waals surface area contributed by atoms with Gasteiger partial charge in [-0.05, 0) is 24.8 Å². The van der Waals surface area contributed by atoms with Gasteiger partial charge in [-0.3, -0.25) is 0 Å². The molecule has 1 unspecified atom stereocenters. The Kier molecular flexibility index (Phi) is 4.95. The van der Waals surface area contributed by atoms with E-state index in [0.29, 0.717) is 26.2 Å². The first kappa shape index (κ1) is 14.9. The highest BCUT2D eigenvalue weighted by atomic mass is 32.2. The van der Waals surface area contributed by atoms with Gasteiger partial charge in [0.2, 0.25) is 0 Å². The minimum atomic E-state index is -3.28. The van der Waals surface area contributed by atoms with Crippen LogP contribution in [0.3, 0.4) is 0 Å². The van der Waals surface area contributed by atoms with Gasteiger partial charge in [-0.1, -0.05) is 20.3 Å². The van der Waals surface area contributed by atoms with Gasteiger partial charge in [-0.15, -0.1) is 0 Å². The van der Waals surface area contributed by atoms with Crippen LogP contribution in [0.25, 0.3) is 0 Å². The Labute approximate surface area is 105 Å². The van der Waals surface area contributed by atoms with Crippen molar-refractivity contribution in [2.75, 3.05) is 33.2 Å². The summed E-state index contributed by atoms with van der Waals surface area (Å²) in [4.78, 5) is 0. The van der Waals surface area contributed by atoms with Crippen molar-refractivity contribution in [1.29, 1.82) is 0 Å². The molecule has 0 aromatic carbocycles. The van der Waals surface area contributed by atoms with E-state index in [0.717, 1.165) is 19.3 Å². The molecule has 2 N–H and O–H groups in total. The highest BCUT2D eigenvalue weighted by molar-refractivity contribution is 7.86. The molecule has 17 heavy (non-hydrogen) atoms. The highest BCUT2D eigenvalue weighted by Gasteiger charge is 2.39. The van der Waals surface area contributed by atoms with Gasteiger partial charge in [0.25, 0.3) is 10.2 Å². The van der Waals surface area contributed by atoms with Crippen LogP contribution in [0.1, 0.15) is 33.1 Å². The largest absolute Gasteiger partial charge is 0.330 e. The van der Waals surface area contributed by atoms with Crippen LogP contribution < -0.4 is 5.73 Å². The summed E-state index contributed by atoms with van der Waals surface area (Å²) in [6.07, 6.45) is 2.75. The van der Waals surface area contributed by atoms with Crippen molar-refractivity contribution in [3.8, 4) is 0 Å². The van der Waals surface area contributed by atoms with Crippen molar-refractivity contribution in [3.63, 3.8) is 0 Å². The molecule has 6 heteroatoms. The standard InChI is InChI=1S/C11H25N3O2S/c1-4-5-7-13(3)17(15,16)14-8-6-11(2,9-12)10-14/h4-10,12H2,1-3H3. The maximum absolute atomic E-state index is 12.3. The summed E-state index contributed by atoms with van der Waals surface area (Å²) < 4.78 is 27.5. The van der Waals surface area contributed by atoms with Crippen LogP contribution in [0.4, 0.5) is 0 Å². The van der Waals surface area contributed by atoms with Crippen LogP contribution in [0.15, 0.2) is 0 Å². The van der Waals surface area contributed by atoms with E-state index in [-0.39, 0.29) is 5.41 Å². The van der Waals surface area contributed by atoms with Crippen LogP contribution in [-0.4, -0.2) is 50.3 Å². The lowest BCUT2D eigenvalue weighted by molar-refractivity contribution is 0.334. The van der Waals surface area contributed by atoms with Gasteiger partial charge in [-0.2, -0.15) is 17.0 Å². The molecular formula is C11H25N3O2S. The fourth-order valence-electron chi connectivity index (χ4n) is 2.04. The molecular weight excluding hydrogens is 238 g/mol. The average Bonchev–Trinajstić information content (AvgIpc) is 2.70. The Bertz CT molecular complexity index is 345. The van der Waals surface area contributed by atoms with Gasteiger partial charge < -0.3 is 5.73 Å². The molecule has 1 heterocycles. The molecule has 0 aromatic heterocycles. The lowest BCUT2D eigenvalue weighted by Gasteiger charge is -2.26. The number of nitrogens with zero attached hydrogens (tertiary/aromatic N) is 2. The number of rotatable bonds is 6. The SMILES string of the molecule is CCCCN(C)S(=O)(=O)N1CCC(C)(CN)C1. The van der Waals surface area contributed by atoms with Crippen molar-refractivity contribution >= 4 is 10.2 Å². The minimum absolute atomic E-state index is 0.0569. The van der Waals surface area contributed by atoms with Crippen LogP contribution in [0, 0.1) is 5.41 Å². The second kappa shape index (κ2) is 5.65. The molecule has 1 saturated heterocycles. The molecule has 1 rings (SSSR count). The molecule has 1 atom stereocenters. The second-order valence-corrected chi connectivity index (χ2v) is 7.32. The summed E-state index contributed by atoms with van der Waals surface area (Å²) >= 11 is 0. The first-order chi connectivity index (χ1) is 7.85. The predicted octanol–water partition coefficient (Wildman–Crippen LogP) is 0.634. The number of hydrogen-bond donors (Lipinski definition) is 1. The van der Waals surface area contributed by atoms with Crippen molar-refractivity contribution in [2.45, 2.75) is 33.1 Å². The van der Waals surface area contributed by atoms with E-state index >= 15 is 0 Å². The van der Waals surface area contributed by atoms with E-state index in [2.05, 4.69) is 13.8 Å². The quantitative estimate of drug-likeness (QED) is 0.764. The molecule has 0 aromatic rings. The molecule has 0 radical (unpaired) electrons. The van der Waals surface area contributed by atoms with E-state index in [4.69, 9.17) is 5.73 Å². The summed E-state index contributed by atoms with van der Waals surface area (Å²) in [5.41, 5.74) is 5.64. The zero-order chi connectivity index (χ0) is 13.1. The topological polar surface area (TPSA) is 66.6 Å². The summed E-state index contributed by atoms with van der Waals surface area (Å²) in [6, 6.07) is 0. The van der Waals surface area contributed by atoms with E-state index < -0.39 is 10.2 Å². The normalized spacial score (nSPS) is 26.9. The van der Waals surface area contributed by atoms with Gasteiger partial charge in [0.05, 0.1) is 0 Å². The Morgan fingerprint density at radius 2 is 2.12 bits per heavy atom. The fourth-order valence-corrected chi connectivity index (χ4v) is 3.59. The molecule has 1 aliphatic heterocycles. The van der Waals surface area contributed by atoms with E-state index in [1.54, 1.807) is 11.4 Å². The Hall–Kier alpha value is -0.170. The van der Waals surface area contributed by atoms with Crippen molar-refractivity contribution in [3.05, 3.63) is 0 Å². The van der Waals surface area contributed by atoms with E-state index in [1.807, 2.05) is 0 Å². The lowest BCUT2D eigenvalue weighted by Crippen LogP contribution is -2.42. The molecule has 1 aliphatic rings. The summed E-state index contributed by atoms with van der Waals surface area (Å²) in [6.45, 7) is 6.37. The van der Waals surface area contributed by atoms with Crippen molar-refractivity contribution < 1.29 is 8.42 Å². The fraction of sp³-hybridized carbons (Fsp3) is 1.00. The first-order valence-corrected chi connectivity index (χ1v) is 7.67. The smallest absolute Gasteiger partial charge is 0.281 e. The van der Waals surface area contributed by atoms with E-state index in [9.17, 15) is 8.42 Å². The molecule has 0 aliphatic carbocycles. The maximum atomic E-state index is 12.3. The van der Waals surface area contributed by atoms with Gasteiger partial charge in [0, 0.05) is 26.7 Å². The van der Waals surface area contributed by atoms with Gasteiger partial charge in [0.15, 0.2) is 0 Å². The van der Waals surface area contributed by atoms with E-state index in [1.165, 1.54) is 4.31 Å². The number of hydrogen-bond acceptors (Lipinski definition) is 3. The third-order valence-electron chi connectivity index (χ3n) is 3.56. The molecule has 0 bridgehead atoms. The third kappa shape index (κ3) is 3.40. The minimum Gasteiger partial charge on any atom is -0.330 e. The molecule has 102 valence electrons. The second-order valence-electron chi connectivity index (χ2n) is 5.28. The Morgan fingerprint density at radius 1 is 1.47 bits per heavy atom. The predicted molar refractivity (Wildman–Crippen MR) is 69.8 cm³/mol. The highest BCUT2D eigenvalue weighted by Crippen LogP contribution is 2.30. The number of nitrogens with two attached hydrogens (primary N) is 1. The Balaban J connectivity index is 2.66. The monoisotopic (exact) mass is 263 g/mol. The maximum Gasteiger partial charge on any atom is 0.281 e. The first-order valence-electron chi connectivity index (χ1n) is 6.27. The third-order valence-corrected chi connectivity index (χ3v) is 5.50. The van der Waals surface area contributed by atoms with Crippen LogP contribution in [-0.2, 0) is 10.2 Å². The average molecular weight is 263 g/mol.